The molecular weight excluding hydrogens is 584 g/mol. The van der Waals surface area contributed by atoms with Gasteiger partial charge in [-0.05, 0) is 101 Å². The lowest BCUT2D eigenvalue weighted by Gasteiger charge is -2.16. The normalized spacial score (nSPS) is 15.9. The number of halogens is 2. The zero-order valence-electron chi connectivity index (χ0n) is 14.4. The summed E-state index contributed by atoms with van der Waals surface area (Å²) in [6.45, 7) is 5.50. The second kappa shape index (κ2) is 9.40. The van der Waals surface area contributed by atoms with Gasteiger partial charge in [0.25, 0.3) is 11.1 Å². The fourth-order valence-corrected chi connectivity index (χ4v) is 5.30. The summed E-state index contributed by atoms with van der Waals surface area (Å²) >= 11 is 5.16. The van der Waals surface area contributed by atoms with Gasteiger partial charge in [-0.2, -0.15) is 0 Å². The minimum absolute atomic E-state index is 0.160. The van der Waals surface area contributed by atoms with Crippen molar-refractivity contribution < 1.29 is 23.9 Å². The molecule has 6 nitrogen and oxygen atoms in total. The lowest BCUT2D eigenvalue weighted by molar-refractivity contribution is -0.145. The molecule has 0 aromatic heterocycles. The smallest absolute Gasteiger partial charge is 0.344 e. The quantitative estimate of drug-likeness (QED) is 0.276. The van der Waals surface area contributed by atoms with E-state index in [1.165, 1.54) is 4.90 Å². The summed E-state index contributed by atoms with van der Waals surface area (Å²) in [5.41, 5.74) is 0.788. The largest absolute Gasteiger partial charge is 0.480 e. The third-order valence-corrected chi connectivity index (χ3v) is 5.78. The SMILES string of the molecule is CCOC(=O)COc1c(I)cc(C=C2SC(=O)N(C(C)C)C2=O)cc1I. The molecule has 1 heterocycles. The van der Waals surface area contributed by atoms with E-state index >= 15 is 0 Å². The summed E-state index contributed by atoms with van der Waals surface area (Å²) in [4.78, 5) is 37.5. The molecule has 0 unspecified atom stereocenters. The molecule has 1 fully saturated rings. The highest BCUT2D eigenvalue weighted by Gasteiger charge is 2.36. The summed E-state index contributed by atoms with van der Waals surface area (Å²) in [7, 11) is 0. The Morgan fingerprint density at radius 3 is 2.38 bits per heavy atom. The standard InChI is InChI=1S/C17H17I2NO5S/c1-4-24-14(21)8-25-15-11(18)5-10(6-12(15)19)7-13-16(22)20(9(2)3)17(23)26-13/h5-7,9H,4,8H2,1-3H3. The van der Waals surface area contributed by atoms with Crippen LogP contribution in [0.5, 0.6) is 5.75 Å². The number of hydrogen-bond donors (Lipinski definition) is 0. The molecule has 1 aliphatic rings. The monoisotopic (exact) mass is 601 g/mol. The van der Waals surface area contributed by atoms with Crippen LogP contribution in [-0.4, -0.2) is 41.3 Å². The highest BCUT2D eigenvalue weighted by atomic mass is 127. The summed E-state index contributed by atoms with van der Waals surface area (Å²) in [5, 5.41) is -0.255. The molecule has 9 heteroatoms. The number of esters is 1. The van der Waals surface area contributed by atoms with Crippen molar-refractivity contribution >= 4 is 80.1 Å². The van der Waals surface area contributed by atoms with E-state index in [-0.39, 0.29) is 23.8 Å². The average molecular weight is 601 g/mol. The number of carbonyl (C=O) groups excluding carboxylic acids is 3. The molecule has 0 saturated carbocycles. The van der Waals surface area contributed by atoms with Gasteiger partial charge in [0.05, 0.1) is 18.7 Å². The van der Waals surface area contributed by atoms with E-state index in [1.54, 1.807) is 26.8 Å². The van der Waals surface area contributed by atoms with Gasteiger partial charge >= 0.3 is 5.97 Å². The number of nitrogens with zero attached hydrogens (tertiary/aromatic N) is 1. The number of carbonyl (C=O) groups is 3. The maximum absolute atomic E-state index is 12.4. The molecule has 0 bridgehead atoms. The van der Waals surface area contributed by atoms with Crippen LogP contribution in [0, 0.1) is 7.14 Å². The Bertz CT molecular complexity index is 755. The predicted molar refractivity (Wildman–Crippen MR) is 117 cm³/mol. The number of rotatable bonds is 6. The van der Waals surface area contributed by atoms with Gasteiger partial charge in [0.1, 0.15) is 5.75 Å². The van der Waals surface area contributed by atoms with Gasteiger partial charge < -0.3 is 9.47 Å². The van der Waals surface area contributed by atoms with Crippen molar-refractivity contribution in [3.8, 4) is 5.75 Å². The fraction of sp³-hybridized carbons (Fsp3) is 0.353. The molecule has 2 amide bonds. The summed E-state index contributed by atoms with van der Waals surface area (Å²) in [5.74, 6) is -0.111. The van der Waals surface area contributed by atoms with E-state index in [0.29, 0.717) is 17.3 Å². The molecule has 1 aromatic carbocycles. The summed E-state index contributed by atoms with van der Waals surface area (Å²) < 4.78 is 12.0. The number of thioether (sulfide) groups is 1. The fourth-order valence-electron chi connectivity index (χ4n) is 2.21. The summed E-state index contributed by atoms with van der Waals surface area (Å²) in [6.07, 6.45) is 1.70. The Balaban J connectivity index is 2.21. The topological polar surface area (TPSA) is 72.9 Å². The zero-order valence-corrected chi connectivity index (χ0v) is 19.5. The van der Waals surface area contributed by atoms with Crippen molar-refractivity contribution in [2.24, 2.45) is 0 Å². The van der Waals surface area contributed by atoms with Crippen LogP contribution >= 0.6 is 56.9 Å². The molecule has 2 rings (SSSR count). The Hall–Kier alpha value is -0.820. The van der Waals surface area contributed by atoms with Gasteiger partial charge in [-0.1, -0.05) is 0 Å². The second-order valence-corrected chi connectivity index (χ2v) is 8.87. The van der Waals surface area contributed by atoms with Crippen molar-refractivity contribution in [2.75, 3.05) is 13.2 Å². The highest BCUT2D eigenvalue weighted by Crippen LogP contribution is 2.35. The molecule has 0 atom stereocenters. The van der Waals surface area contributed by atoms with Crippen molar-refractivity contribution in [3.05, 3.63) is 29.7 Å². The van der Waals surface area contributed by atoms with Crippen LogP contribution in [0.2, 0.25) is 0 Å². The maximum atomic E-state index is 12.4. The van der Waals surface area contributed by atoms with Crippen LogP contribution in [0.3, 0.4) is 0 Å². The second-order valence-electron chi connectivity index (χ2n) is 5.55. The van der Waals surface area contributed by atoms with Crippen LogP contribution in [-0.2, 0) is 14.3 Å². The third kappa shape index (κ3) is 5.12. The van der Waals surface area contributed by atoms with E-state index < -0.39 is 5.97 Å². The van der Waals surface area contributed by atoms with E-state index in [2.05, 4.69) is 45.2 Å². The van der Waals surface area contributed by atoms with E-state index in [1.807, 2.05) is 12.1 Å². The number of amides is 2. The molecule has 26 heavy (non-hydrogen) atoms. The molecule has 0 aliphatic carbocycles. The minimum Gasteiger partial charge on any atom is -0.480 e. The van der Waals surface area contributed by atoms with Gasteiger partial charge in [-0.15, -0.1) is 0 Å². The number of ether oxygens (including phenoxy) is 2. The molecule has 1 aliphatic heterocycles. The van der Waals surface area contributed by atoms with Crippen LogP contribution in [0.15, 0.2) is 17.0 Å². The molecule has 0 spiro atoms. The van der Waals surface area contributed by atoms with Crippen LogP contribution in [0.25, 0.3) is 6.08 Å². The maximum Gasteiger partial charge on any atom is 0.344 e. The Morgan fingerprint density at radius 2 is 1.88 bits per heavy atom. The first-order chi connectivity index (χ1) is 12.2. The first kappa shape index (κ1) is 21.5. The van der Waals surface area contributed by atoms with Crippen molar-refractivity contribution in [2.45, 2.75) is 26.8 Å². The van der Waals surface area contributed by atoms with Crippen molar-refractivity contribution in [1.29, 1.82) is 0 Å². The molecule has 0 radical (unpaired) electrons. The number of imide groups is 1. The molecular formula is C17H17I2NO5S. The Labute approximate surface area is 183 Å². The van der Waals surface area contributed by atoms with Gasteiger partial charge in [-0.25, -0.2) is 4.79 Å². The van der Waals surface area contributed by atoms with Gasteiger partial charge in [0.15, 0.2) is 6.61 Å². The van der Waals surface area contributed by atoms with Gasteiger partial charge in [0.2, 0.25) is 0 Å². The van der Waals surface area contributed by atoms with Crippen LogP contribution in [0.1, 0.15) is 26.3 Å². The van der Waals surface area contributed by atoms with Crippen LogP contribution < -0.4 is 4.74 Å². The Kier molecular flexibility index (Phi) is 7.76. The number of hydrogen-bond acceptors (Lipinski definition) is 6. The third-order valence-electron chi connectivity index (χ3n) is 3.30. The summed E-state index contributed by atoms with van der Waals surface area (Å²) in [6, 6.07) is 3.51. The molecule has 140 valence electrons. The highest BCUT2D eigenvalue weighted by molar-refractivity contribution is 14.1. The van der Waals surface area contributed by atoms with E-state index in [0.717, 1.165) is 24.5 Å². The van der Waals surface area contributed by atoms with E-state index in [9.17, 15) is 14.4 Å². The molecule has 0 N–H and O–H groups in total. The lowest BCUT2D eigenvalue weighted by Crippen LogP contribution is -2.34. The van der Waals surface area contributed by atoms with Gasteiger partial charge in [0, 0.05) is 6.04 Å². The van der Waals surface area contributed by atoms with Crippen molar-refractivity contribution in [1.82, 2.24) is 4.90 Å². The van der Waals surface area contributed by atoms with E-state index in [4.69, 9.17) is 9.47 Å². The molecule has 1 aromatic rings. The van der Waals surface area contributed by atoms with Crippen LogP contribution in [0.4, 0.5) is 4.79 Å². The predicted octanol–water partition coefficient (Wildman–Crippen LogP) is 4.28. The van der Waals surface area contributed by atoms with Crippen molar-refractivity contribution in [3.63, 3.8) is 0 Å². The molecule has 1 saturated heterocycles. The number of benzene rings is 1. The zero-order chi connectivity index (χ0) is 19.4. The first-order valence-electron chi connectivity index (χ1n) is 7.79. The average Bonchev–Trinajstić information content (AvgIpc) is 2.80. The Morgan fingerprint density at radius 1 is 1.27 bits per heavy atom. The first-order valence-corrected chi connectivity index (χ1v) is 10.8. The minimum atomic E-state index is -0.425. The van der Waals surface area contributed by atoms with Gasteiger partial charge in [-0.3, -0.25) is 14.5 Å². The lowest BCUT2D eigenvalue weighted by atomic mass is 10.2.